The van der Waals surface area contributed by atoms with Crippen LogP contribution in [0.1, 0.15) is 52.4 Å². The van der Waals surface area contributed by atoms with Gasteiger partial charge in [-0.25, -0.2) is 0 Å². The second-order valence-corrected chi connectivity index (χ2v) is 5.61. The van der Waals surface area contributed by atoms with Gasteiger partial charge in [0, 0.05) is 12.6 Å². The Hall–Kier alpha value is -0.570. The highest BCUT2D eigenvalue weighted by molar-refractivity contribution is 5.82. The topological polar surface area (TPSA) is 32.3 Å². The Morgan fingerprint density at radius 3 is 2.47 bits per heavy atom. The van der Waals surface area contributed by atoms with Gasteiger partial charge in [-0.2, -0.15) is 0 Å². The van der Waals surface area contributed by atoms with E-state index in [1.807, 2.05) is 0 Å². The first-order valence-corrected chi connectivity index (χ1v) is 7.28. The zero-order valence-corrected chi connectivity index (χ0v) is 11.2. The molecule has 0 spiro atoms. The van der Waals surface area contributed by atoms with Crippen LogP contribution in [0.3, 0.4) is 0 Å². The first kappa shape index (κ1) is 12.9. The minimum atomic E-state index is 0.0804. The quantitative estimate of drug-likeness (QED) is 0.817. The van der Waals surface area contributed by atoms with Gasteiger partial charge in [0.1, 0.15) is 0 Å². The molecular formula is C14H26N2O. The van der Waals surface area contributed by atoms with E-state index in [0.717, 1.165) is 19.5 Å². The lowest BCUT2D eigenvalue weighted by Crippen LogP contribution is -2.50. The maximum atomic E-state index is 12.5. The number of amides is 1. The normalized spacial score (nSPS) is 30.5. The zero-order valence-electron chi connectivity index (χ0n) is 11.2. The van der Waals surface area contributed by atoms with Crippen LogP contribution in [0, 0.1) is 5.92 Å². The molecule has 2 rings (SSSR count). The molecule has 0 radical (unpaired) electrons. The Morgan fingerprint density at radius 2 is 1.94 bits per heavy atom. The van der Waals surface area contributed by atoms with Crippen LogP contribution < -0.4 is 5.32 Å². The van der Waals surface area contributed by atoms with Crippen molar-refractivity contribution in [1.82, 2.24) is 10.2 Å². The third kappa shape index (κ3) is 2.82. The van der Waals surface area contributed by atoms with Gasteiger partial charge in [-0.1, -0.05) is 26.2 Å². The number of carbonyl (C=O) groups excluding carboxylic acids is 1. The molecule has 0 aromatic rings. The SMILES string of the molecule is CCN(C(=O)C1NCCC1C)C1CCCCC1. The second-order valence-electron chi connectivity index (χ2n) is 5.61. The molecule has 1 heterocycles. The average Bonchev–Trinajstić information content (AvgIpc) is 2.77. The minimum Gasteiger partial charge on any atom is -0.339 e. The lowest BCUT2D eigenvalue weighted by Gasteiger charge is -2.36. The van der Waals surface area contributed by atoms with E-state index >= 15 is 0 Å². The van der Waals surface area contributed by atoms with Crippen LogP contribution in [0.4, 0.5) is 0 Å². The number of nitrogens with one attached hydrogen (secondary N) is 1. The number of nitrogens with zero attached hydrogens (tertiary/aromatic N) is 1. The summed E-state index contributed by atoms with van der Waals surface area (Å²) in [5.41, 5.74) is 0. The number of rotatable bonds is 3. The highest BCUT2D eigenvalue weighted by Gasteiger charge is 2.34. The molecule has 1 aliphatic carbocycles. The van der Waals surface area contributed by atoms with Crippen LogP contribution >= 0.6 is 0 Å². The van der Waals surface area contributed by atoms with E-state index in [4.69, 9.17) is 0 Å². The molecule has 1 saturated carbocycles. The fraction of sp³-hybridized carbons (Fsp3) is 0.929. The van der Waals surface area contributed by atoms with Gasteiger partial charge in [0.05, 0.1) is 6.04 Å². The highest BCUT2D eigenvalue weighted by Crippen LogP contribution is 2.25. The minimum absolute atomic E-state index is 0.0804. The van der Waals surface area contributed by atoms with Gasteiger partial charge in [0.15, 0.2) is 0 Å². The summed E-state index contributed by atoms with van der Waals surface area (Å²) in [5, 5.41) is 3.37. The Morgan fingerprint density at radius 1 is 1.24 bits per heavy atom. The summed E-state index contributed by atoms with van der Waals surface area (Å²) in [6.45, 7) is 6.18. The van der Waals surface area contributed by atoms with Crippen LogP contribution in [0.25, 0.3) is 0 Å². The molecule has 2 atom stereocenters. The van der Waals surface area contributed by atoms with E-state index < -0.39 is 0 Å². The van der Waals surface area contributed by atoms with Crippen molar-refractivity contribution in [3.05, 3.63) is 0 Å². The van der Waals surface area contributed by atoms with E-state index in [1.54, 1.807) is 0 Å². The summed E-state index contributed by atoms with van der Waals surface area (Å²) in [5.74, 6) is 0.851. The zero-order chi connectivity index (χ0) is 12.3. The molecule has 0 aromatic carbocycles. The molecule has 2 unspecified atom stereocenters. The summed E-state index contributed by atoms with van der Waals surface area (Å²) in [6, 6.07) is 0.590. The Kier molecular flexibility index (Phi) is 4.43. The van der Waals surface area contributed by atoms with E-state index in [-0.39, 0.29) is 6.04 Å². The van der Waals surface area contributed by atoms with Gasteiger partial charge in [-0.05, 0) is 38.6 Å². The van der Waals surface area contributed by atoms with Gasteiger partial charge in [-0.15, -0.1) is 0 Å². The summed E-state index contributed by atoms with van der Waals surface area (Å²) in [6.07, 6.45) is 7.49. The third-order valence-electron chi connectivity index (χ3n) is 4.44. The van der Waals surface area contributed by atoms with Crippen LogP contribution in [-0.4, -0.2) is 36.0 Å². The highest BCUT2D eigenvalue weighted by atomic mass is 16.2. The van der Waals surface area contributed by atoms with Gasteiger partial charge in [0.2, 0.25) is 5.91 Å². The lowest BCUT2D eigenvalue weighted by atomic mass is 9.93. The molecule has 2 fully saturated rings. The maximum Gasteiger partial charge on any atom is 0.240 e. The van der Waals surface area contributed by atoms with Gasteiger partial charge in [0.25, 0.3) is 0 Å². The van der Waals surface area contributed by atoms with Gasteiger partial charge >= 0.3 is 0 Å². The fourth-order valence-electron chi connectivity index (χ4n) is 3.33. The Bertz CT molecular complexity index is 261. The largest absolute Gasteiger partial charge is 0.339 e. The summed E-state index contributed by atoms with van der Waals surface area (Å²) >= 11 is 0. The molecule has 3 nitrogen and oxygen atoms in total. The predicted octanol–water partition coefficient (Wildman–Crippen LogP) is 2.17. The van der Waals surface area contributed by atoms with Gasteiger partial charge in [-0.3, -0.25) is 4.79 Å². The van der Waals surface area contributed by atoms with Crippen molar-refractivity contribution >= 4 is 5.91 Å². The van der Waals surface area contributed by atoms with Crippen LogP contribution in [0.15, 0.2) is 0 Å². The van der Waals surface area contributed by atoms with Crippen molar-refractivity contribution < 1.29 is 4.79 Å². The molecule has 0 aromatic heterocycles. The van der Waals surface area contributed by atoms with E-state index in [1.165, 1.54) is 32.1 Å². The van der Waals surface area contributed by atoms with Crippen molar-refractivity contribution in [2.24, 2.45) is 5.92 Å². The third-order valence-corrected chi connectivity index (χ3v) is 4.44. The van der Waals surface area contributed by atoms with E-state index in [2.05, 4.69) is 24.1 Å². The molecule has 2 aliphatic rings. The van der Waals surface area contributed by atoms with Crippen molar-refractivity contribution in [1.29, 1.82) is 0 Å². The second kappa shape index (κ2) is 5.85. The fourth-order valence-corrected chi connectivity index (χ4v) is 3.33. The molecule has 0 bridgehead atoms. The van der Waals surface area contributed by atoms with Crippen LogP contribution in [0.2, 0.25) is 0 Å². The molecule has 3 heteroatoms. The van der Waals surface area contributed by atoms with Gasteiger partial charge < -0.3 is 10.2 Å². The first-order valence-electron chi connectivity index (χ1n) is 7.28. The molecular weight excluding hydrogens is 212 g/mol. The van der Waals surface area contributed by atoms with Crippen LogP contribution in [0.5, 0.6) is 0 Å². The average molecular weight is 238 g/mol. The molecule has 1 saturated heterocycles. The monoisotopic (exact) mass is 238 g/mol. The Labute approximate surface area is 105 Å². The number of likely N-dealkylation sites (N-methyl/N-ethyl adjacent to an activating group) is 1. The number of hydrogen-bond acceptors (Lipinski definition) is 2. The molecule has 1 N–H and O–H groups in total. The van der Waals surface area contributed by atoms with E-state index in [9.17, 15) is 4.79 Å². The molecule has 1 aliphatic heterocycles. The predicted molar refractivity (Wildman–Crippen MR) is 69.8 cm³/mol. The smallest absolute Gasteiger partial charge is 0.240 e. The van der Waals surface area contributed by atoms with Crippen molar-refractivity contribution in [3.63, 3.8) is 0 Å². The van der Waals surface area contributed by atoms with Crippen molar-refractivity contribution in [2.75, 3.05) is 13.1 Å². The lowest BCUT2D eigenvalue weighted by molar-refractivity contribution is -0.136. The number of hydrogen-bond donors (Lipinski definition) is 1. The molecule has 1 amide bonds. The van der Waals surface area contributed by atoms with E-state index in [0.29, 0.717) is 17.9 Å². The summed E-state index contributed by atoms with van der Waals surface area (Å²) in [4.78, 5) is 14.7. The van der Waals surface area contributed by atoms with Crippen molar-refractivity contribution in [3.8, 4) is 0 Å². The molecule has 17 heavy (non-hydrogen) atoms. The van der Waals surface area contributed by atoms with Crippen LogP contribution in [-0.2, 0) is 4.79 Å². The molecule has 98 valence electrons. The number of carbonyl (C=O) groups is 1. The maximum absolute atomic E-state index is 12.5. The Balaban J connectivity index is 1.98. The van der Waals surface area contributed by atoms with Crippen molar-refractivity contribution in [2.45, 2.75) is 64.5 Å². The summed E-state index contributed by atoms with van der Waals surface area (Å²) < 4.78 is 0. The standard InChI is InChI=1S/C14H26N2O/c1-3-16(12-7-5-4-6-8-12)14(17)13-11(2)9-10-15-13/h11-13,15H,3-10H2,1-2H3. The first-order chi connectivity index (χ1) is 8.24. The summed E-state index contributed by atoms with van der Waals surface area (Å²) in [7, 11) is 0.